The van der Waals surface area contributed by atoms with Gasteiger partial charge < -0.3 is 11.1 Å². The Balaban J connectivity index is 2.02. The number of nitrogen functional groups attached to an aromatic ring is 1. The number of rotatable bonds is 3. The second-order valence-electron chi connectivity index (χ2n) is 3.70. The minimum absolute atomic E-state index is 0.225. The largest absolute Gasteiger partial charge is 0.397 e. The summed E-state index contributed by atoms with van der Waals surface area (Å²) in [5.41, 5.74) is 7.75. The van der Waals surface area contributed by atoms with Crippen molar-refractivity contribution < 1.29 is 4.79 Å². The van der Waals surface area contributed by atoms with E-state index in [0.717, 1.165) is 5.56 Å². The molecule has 2 aromatic rings. The van der Waals surface area contributed by atoms with Gasteiger partial charge in [-0.1, -0.05) is 18.2 Å². The number of amides is 1. The van der Waals surface area contributed by atoms with Crippen LogP contribution in [-0.2, 0) is 4.79 Å². The standard InChI is InChI=1S/C14H13N3O/c15-12-5-1-2-6-13(12)17-14(18)8-7-11-4-3-9-16-10-11/h1-10H,15H2,(H,17,18)/b8-7+. The third-order valence-corrected chi connectivity index (χ3v) is 2.33. The maximum absolute atomic E-state index is 11.7. The third kappa shape index (κ3) is 3.18. The number of aromatic nitrogens is 1. The number of nitrogens with zero attached hydrogens (tertiary/aromatic N) is 1. The van der Waals surface area contributed by atoms with Gasteiger partial charge in [0.05, 0.1) is 11.4 Å². The first-order valence-electron chi connectivity index (χ1n) is 5.49. The van der Waals surface area contributed by atoms with E-state index in [-0.39, 0.29) is 5.91 Å². The molecule has 2 rings (SSSR count). The molecule has 0 radical (unpaired) electrons. The molecule has 18 heavy (non-hydrogen) atoms. The highest BCUT2D eigenvalue weighted by Crippen LogP contribution is 2.16. The van der Waals surface area contributed by atoms with Crippen LogP contribution in [0.4, 0.5) is 11.4 Å². The van der Waals surface area contributed by atoms with Crippen LogP contribution in [0, 0.1) is 0 Å². The lowest BCUT2D eigenvalue weighted by Crippen LogP contribution is -2.09. The first kappa shape index (κ1) is 11.9. The molecular weight excluding hydrogens is 226 g/mol. The maximum Gasteiger partial charge on any atom is 0.248 e. The lowest BCUT2D eigenvalue weighted by Gasteiger charge is -2.04. The highest BCUT2D eigenvalue weighted by atomic mass is 16.1. The summed E-state index contributed by atoms with van der Waals surface area (Å²) >= 11 is 0. The van der Waals surface area contributed by atoms with E-state index in [9.17, 15) is 4.79 Å². The number of para-hydroxylation sites is 2. The SMILES string of the molecule is Nc1ccccc1NC(=O)/C=C/c1cccnc1. The molecule has 4 nitrogen and oxygen atoms in total. The molecule has 0 aliphatic heterocycles. The summed E-state index contributed by atoms with van der Waals surface area (Å²) in [6, 6.07) is 10.8. The van der Waals surface area contributed by atoms with Gasteiger partial charge in [0.1, 0.15) is 0 Å². The van der Waals surface area contributed by atoms with E-state index >= 15 is 0 Å². The molecule has 1 amide bonds. The molecule has 3 N–H and O–H groups in total. The van der Waals surface area contributed by atoms with Crippen LogP contribution in [0.2, 0.25) is 0 Å². The van der Waals surface area contributed by atoms with Gasteiger partial charge >= 0.3 is 0 Å². The predicted molar refractivity (Wildman–Crippen MR) is 72.8 cm³/mol. The number of carbonyl (C=O) groups excluding carboxylic acids is 1. The smallest absolute Gasteiger partial charge is 0.248 e. The number of carbonyl (C=O) groups is 1. The van der Waals surface area contributed by atoms with E-state index in [1.54, 1.807) is 30.6 Å². The van der Waals surface area contributed by atoms with Gasteiger partial charge in [-0.25, -0.2) is 0 Å². The third-order valence-electron chi connectivity index (χ3n) is 2.33. The van der Waals surface area contributed by atoms with Crippen LogP contribution >= 0.6 is 0 Å². The molecule has 1 heterocycles. The Morgan fingerprint density at radius 2 is 2.06 bits per heavy atom. The Hall–Kier alpha value is -2.62. The zero-order valence-corrected chi connectivity index (χ0v) is 9.71. The summed E-state index contributed by atoms with van der Waals surface area (Å²) in [5.74, 6) is -0.225. The number of hydrogen-bond donors (Lipinski definition) is 2. The lowest BCUT2D eigenvalue weighted by molar-refractivity contribution is -0.111. The van der Waals surface area contributed by atoms with Gasteiger partial charge in [-0.15, -0.1) is 0 Å². The molecule has 0 bridgehead atoms. The van der Waals surface area contributed by atoms with Crippen molar-refractivity contribution in [3.05, 3.63) is 60.4 Å². The molecular formula is C14H13N3O. The van der Waals surface area contributed by atoms with E-state index in [2.05, 4.69) is 10.3 Å². The number of benzene rings is 1. The molecule has 90 valence electrons. The summed E-state index contributed by atoms with van der Waals surface area (Å²) < 4.78 is 0. The van der Waals surface area contributed by atoms with Crippen molar-refractivity contribution in [2.24, 2.45) is 0 Å². The van der Waals surface area contributed by atoms with Gasteiger partial charge in [0.25, 0.3) is 0 Å². The summed E-state index contributed by atoms with van der Waals surface area (Å²) in [4.78, 5) is 15.6. The number of nitrogens with one attached hydrogen (secondary N) is 1. The van der Waals surface area contributed by atoms with Crippen molar-refractivity contribution in [3.63, 3.8) is 0 Å². The minimum Gasteiger partial charge on any atom is -0.397 e. The Morgan fingerprint density at radius 3 is 2.78 bits per heavy atom. The van der Waals surface area contributed by atoms with E-state index in [4.69, 9.17) is 5.73 Å². The number of nitrogens with two attached hydrogens (primary N) is 1. The van der Waals surface area contributed by atoms with Crippen LogP contribution in [0.1, 0.15) is 5.56 Å². The van der Waals surface area contributed by atoms with Crippen molar-refractivity contribution in [2.45, 2.75) is 0 Å². The Bertz CT molecular complexity index is 564. The molecule has 0 spiro atoms. The molecule has 0 saturated carbocycles. The molecule has 4 heteroatoms. The fourth-order valence-corrected chi connectivity index (χ4v) is 1.43. The van der Waals surface area contributed by atoms with Crippen molar-refractivity contribution in [1.29, 1.82) is 0 Å². The highest BCUT2D eigenvalue weighted by Gasteiger charge is 2.00. The van der Waals surface area contributed by atoms with Gasteiger partial charge in [0.15, 0.2) is 0 Å². The maximum atomic E-state index is 11.7. The zero-order valence-electron chi connectivity index (χ0n) is 9.71. The van der Waals surface area contributed by atoms with Gasteiger partial charge in [-0.2, -0.15) is 0 Å². The van der Waals surface area contributed by atoms with Crippen molar-refractivity contribution in [3.8, 4) is 0 Å². The first-order chi connectivity index (χ1) is 8.75. The number of anilines is 2. The minimum atomic E-state index is -0.225. The summed E-state index contributed by atoms with van der Waals surface area (Å²) in [6.45, 7) is 0. The van der Waals surface area contributed by atoms with Crippen LogP contribution in [0.25, 0.3) is 6.08 Å². The molecule has 0 aliphatic rings. The first-order valence-corrected chi connectivity index (χ1v) is 5.49. The summed E-state index contributed by atoms with van der Waals surface area (Å²) in [7, 11) is 0. The average molecular weight is 239 g/mol. The molecule has 1 aromatic heterocycles. The summed E-state index contributed by atoms with van der Waals surface area (Å²) in [6.07, 6.45) is 6.51. The van der Waals surface area contributed by atoms with Gasteiger partial charge in [-0.05, 0) is 29.8 Å². The topological polar surface area (TPSA) is 68.0 Å². The molecule has 0 fully saturated rings. The molecule has 1 aromatic carbocycles. The lowest BCUT2D eigenvalue weighted by atomic mass is 10.2. The second kappa shape index (κ2) is 5.63. The van der Waals surface area contributed by atoms with Crippen LogP contribution in [0.3, 0.4) is 0 Å². The van der Waals surface area contributed by atoms with Gasteiger partial charge in [-0.3, -0.25) is 9.78 Å². The van der Waals surface area contributed by atoms with Gasteiger partial charge in [0, 0.05) is 18.5 Å². The zero-order chi connectivity index (χ0) is 12.8. The Morgan fingerprint density at radius 1 is 1.22 bits per heavy atom. The number of hydrogen-bond acceptors (Lipinski definition) is 3. The molecule has 0 aliphatic carbocycles. The quantitative estimate of drug-likeness (QED) is 0.638. The monoisotopic (exact) mass is 239 g/mol. The van der Waals surface area contributed by atoms with Gasteiger partial charge in [0.2, 0.25) is 5.91 Å². The highest BCUT2D eigenvalue weighted by molar-refractivity contribution is 6.03. The van der Waals surface area contributed by atoms with Crippen LogP contribution in [0.15, 0.2) is 54.9 Å². The molecule has 0 saturated heterocycles. The van der Waals surface area contributed by atoms with Crippen LogP contribution in [-0.4, -0.2) is 10.9 Å². The van der Waals surface area contributed by atoms with E-state index in [0.29, 0.717) is 11.4 Å². The van der Waals surface area contributed by atoms with Crippen LogP contribution < -0.4 is 11.1 Å². The van der Waals surface area contributed by atoms with E-state index in [1.807, 2.05) is 24.3 Å². The van der Waals surface area contributed by atoms with Crippen molar-refractivity contribution in [1.82, 2.24) is 4.98 Å². The van der Waals surface area contributed by atoms with E-state index in [1.165, 1.54) is 6.08 Å². The van der Waals surface area contributed by atoms with E-state index < -0.39 is 0 Å². The fraction of sp³-hybridized carbons (Fsp3) is 0. The predicted octanol–water partition coefficient (Wildman–Crippen LogP) is 2.32. The summed E-state index contributed by atoms with van der Waals surface area (Å²) in [5, 5.41) is 2.71. The van der Waals surface area contributed by atoms with Crippen LogP contribution in [0.5, 0.6) is 0 Å². The Labute approximate surface area is 105 Å². The average Bonchev–Trinajstić information content (AvgIpc) is 2.40. The molecule has 0 unspecified atom stereocenters. The number of pyridine rings is 1. The molecule has 0 atom stereocenters. The van der Waals surface area contributed by atoms with Crippen molar-refractivity contribution in [2.75, 3.05) is 11.1 Å². The van der Waals surface area contributed by atoms with Crippen molar-refractivity contribution >= 4 is 23.4 Å². The second-order valence-corrected chi connectivity index (χ2v) is 3.70. The Kier molecular flexibility index (Phi) is 3.71. The fourth-order valence-electron chi connectivity index (χ4n) is 1.43. The normalized spacial score (nSPS) is 10.4.